The molecule has 0 unspecified atom stereocenters. The van der Waals surface area contributed by atoms with Crippen LogP contribution in [0.15, 0.2) is 48.5 Å². The summed E-state index contributed by atoms with van der Waals surface area (Å²) < 4.78 is 0. The Morgan fingerprint density at radius 3 is 2.22 bits per heavy atom. The molecule has 2 N–H and O–H groups in total. The Bertz CT molecular complexity index is 816. The summed E-state index contributed by atoms with van der Waals surface area (Å²) in [4.78, 5) is 36.8. The molecule has 0 heterocycles. The maximum atomic E-state index is 12.1. The van der Waals surface area contributed by atoms with Gasteiger partial charge in [0.05, 0.1) is 6.42 Å². The number of amides is 3. The molecule has 0 fully saturated rings. The first-order valence-corrected chi connectivity index (χ1v) is 8.84. The minimum Gasteiger partial charge on any atom is -0.354 e. The van der Waals surface area contributed by atoms with E-state index in [2.05, 4.69) is 10.6 Å². The molecule has 0 atom stereocenters. The SMILES string of the molecule is CC(=O)Nc1ccc(N(CCNC(=O)Cc2ccccc2C)C(C)=O)cc1. The van der Waals surface area contributed by atoms with E-state index in [0.29, 0.717) is 30.9 Å². The molecule has 0 spiro atoms. The summed E-state index contributed by atoms with van der Waals surface area (Å²) in [7, 11) is 0. The van der Waals surface area contributed by atoms with Gasteiger partial charge in [-0.15, -0.1) is 0 Å². The van der Waals surface area contributed by atoms with Crippen LogP contribution in [0.1, 0.15) is 25.0 Å². The van der Waals surface area contributed by atoms with Crippen molar-refractivity contribution >= 4 is 29.1 Å². The Kier molecular flexibility index (Phi) is 7.11. The molecule has 6 nitrogen and oxygen atoms in total. The number of hydrogen-bond acceptors (Lipinski definition) is 3. The fraction of sp³-hybridized carbons (Fsp3) is 0.286. The minimum absolute atomic E-state index is 0.0752. The first-order chi connectivity index (χ1) is 12.9. The third kappa shape index (κ3) is 6.26. The molecule has 0 aliphatic heterocycles. The van der Waals surface area contributed by atoms with Gasteiger partial charge in [0.1, 0.15) is 0 Å². The molecule has 0 bridgehead atoms. The van der Waals surface area contributed by atoms with Gasteiger partial charge in [-0.05, 0) is 42.3 Å². The van der Waals surface area contributed by atoms with Crippen LogP contribution in [0.25, 0.3) is 0 Å². The molecule has 2 rings (SSSR count). The zero-order valence-electron chi connectivity index (χ0n) is 15.9. The van der Waals surface area contributed by atoms with Crippen LogP contribution in [-0.2, 0) is 20.8 Å². The molecule has 0 aromatic heterocycles. The number of carbonyl (C=O) groups excluding carboxylic acids is 3. The predicted octanol–water partition coefficient (Wildman–Crippen LogP) is 2.67. The average molecular weight is 367 g/mol. The second kappa shape index (κ2) is 9.52. The number of carbonyl (C=O) groups is 3. The van der Waals surface area contributed by atoms with Gasteiger partial charge in [0.25, 0.3) is 0 Å². The Balaban J connectivity index is 1.91. The van der Waals surface area contributed by atoms with Crippen LogP contribution in [0.5, 0.6) is 0 Å². The summed E-state index contributed by atoms with van der Waals surface area (Å²) in [6.07, 6.45) is 0.318. The van der Waals surface area contributed by atoms with Crippen molar-refractivity contribution in [3.63, 3.8) is 0 Å². The number of hydrogen-bond donors (Lipinski definition) is 2. The summed E-state index contributed by atoms with van der Waals surface area (Å²) in [5, 5.41) is 5.55. The monoisotopic (exact) mass is 367 g/mol. The smallest absolute Gasteiger partial charge is 0.224 e. The molecule has 2 aromatic carbocycles. The Hall–Kier alpha value is -3.15. The summed E-state index contributed by atoms with van der Waals surface area (Å²) in [6, 6.07) is 14.8. The van der Waals surface area contributed by atoms with Crippen molar-refractivity contribution in [2.45, 2.75) is 27.2 Å². The number of anilines is 2. The molecule has 0 saturated heterocycles. The van der Waals surface area contributed by atoms with E-state index >= 15 is 0 Å². The summed E-state index contributed by atoms with van der Waals surface area (Å²) in [5.41, 5.74) is 3.45. The van der Waals surface area contributed by atoms with Crippen LogP contribution < -0.4 is 15.5 Å². The molecule has 0 saturated carbocycles. The number of nitrogens with zero attached hydrogens (tertiary/aromatic N) is 1. The molecule has 0 aliphatic carbocycles. The van der Waals surface area contributed by atoms with Crippen molar-refractivity contribution in [3.05, 3.63) is 59.7 Å². The largest absolute Gasteiger partial charge is 0.354 e. The van der Waals surface area contributed by atoms with E-state index in [-0.39, 0.29) is 17.7 Å². The molecule has 3 amide bonds. The van der Waals surface area contributed by atoms with Gasteiger partial charge in [-0.3, -0.25) is 14.4 Å². The Morgan fingerprint density at radius 1 is 0.963 bits per heavy atom. The average Bonchev–Trinajstić information content (AvgIpc) is 2.61. The highest BCUT2D eigenvalue weighted by molar-refractivity contribution is 5.93. The van der Waals surface area contributed by atoms with E-state index in [0.717, 1.165) is 11.1 Å². The fourth-order valence-corrected chi connectivity index (χ4v) is 2.75. The quantitative estimate of drug-likeness (QED) is 0.790. The molecule has 27 heavy (non-hydrogen) atoms. The third-order valence-corrected chi connectivity index (χ3v) is 4.15. The van der Waals surface area contributed by atoms with E-state index in [1.54, 1.807) is 29.2 Å². The van der Waals surface area contributed by atoms with Crippen LogP contribution in [0.4, 0.5) is 11.4 Å². The van der Waals surface area contributed by atoms with Crippen LogP contribution in [-0.4, -0.2) is 30.8 Å². The second-order valence-corrected chi connectivity index (χ2v) is 6.35. The highest BCUT2D eigenvalue weighted by atomic mass is 16.2. The summed E-state index contributed by atoms with van der Waals surface area (Å²) in [5.74, 6) is -0.341. The van der Waals surface area contributed by atoms with Crippen molar-refractivity contribution in [3.8, 4) is 0 Å². The maximum Gasteiger partial charge on any atom is 0.224 e. The van der Waals surface area contributed by atoms with E-state index in [9.17, 15) is 14.4 Å². The topological polar surface area (TPSA) is 78.5 Å². The van der Waals surface area contributed by atoms with E-state index in [1.165, 1.54) is 13.8 Å². The highest BCUT2D eigenvalue weighted by Crippen LogP contribution is 2.18. The van der Waals surface area contributed by atoms with Crippen molar-refractivity contribution in [1.29, 1.82) is 0 Å². The maximum absolute atomic E-state index is 12.1. The first kappa shape index (κ1) is 20.2. The normalized spacial score (nSPS) is 10.2. The lowest BCUT2D eigenvalue weighted by Crippen LogP contribution is -2.38. The first-order valence-electron chi connectivity index (χ1n) is 8.84. The Morgan fingerprint density at radius 2 is 1.63 bits per heavy atom. The van der Waals surface area contributed by atoms with Crippen molar-refractivity contribution in [2.24, 2.45) is 0 Å². The Labute approximate surface area is 159 Å². The van der Waals surface area contributed by atoms with Crippen molar-refractivity contribution in [1.82, 2.24) is 5.32 Å². The minimum atomic E-state index is -0.150. The highest BCUT2D eigenvalue weighted by Gasteiger charge is 2.12. The fourth-order valence-electron chi connectivity index (χ4n) is 2.75. The standard InChI is InChI=1S/C21H25N3O3/c1-15-6-4-5-7-18(15)14-21(27)22-12-13-24(17(3)26)20-10-8-19(9-11-20)23-16(2)25/h4-11H,12-14H2,1-3H3,(H,22,27)(H,23,25). The lowest BCUT2D eigenvalue weighted by Gasteiger charge is -2.22. The summed E-state index contributed by atoms with van der Waals surface area (Å²) in [6.45, 7) is 5.63. The zero-order chi connectivity index (χ0) is 19.8. The van der Waals surface area contributed by atoms with Gasteiger partial charge >= 0.3 is 0 Å². The zero-order valence-corrected chi connectivity index (χ0v) is 15.9. The van der Waals surface area contributed by atoms with Gasteiger partial charge in [-0.25, -0.2) is 0 Å². The molecular weight excluding hydrogens is 342 g/mol. The lowest BCUT2D eigenvalue weighted by molar-refractivity contribution is -0.121. The number of aryl methyl sites for hydroxylation is 1. The van der Waals surface area contributed by atoms with Gasteiger partial charge in [-0.2, -0.15) is 0 Å². The lowest BCUT2D eigenvalue weighted by atomic mass is 10.1. The van der Waals surface area contributed by atoms with Gasteiger partial charge in [0, 0.05) is 38.3 Å². The van der Waals surface area contributed by atoms with Crippen LogP contribution >= 0.6 is 0 Å². The van der Waals surface area contributed by atoms with Crippen LogP contribution in [0.2, 0.25) is 0 Å². The molecular formula is C21H25N3O3. The van der Waals surface area contributed by atoms with E-state index < -0.39 is 0 Å². The molecule has 0 aliphatic rings. The number of benzene rings is 2. The molecule has 142 valence electrons. The van der Waals surface area contributed by atoms with Crippen LogP contribution in [0.3, 0.4) is 0 Å². The van der Waals surface area contributed by atoms with E-state index in [1.807, 2.05) is 31.2 Å². The van der Waals surface area contributed by atoms with Crippen LogP contribution in [0, 0.1) is 6.92 Å². The van der Waals surface area contributed by atoms with Gasteiger partial charge < -0.3 is 15.5 Å². The third-order valence-electron chi connectivity index (χ3n) is 4.15. The second-order valence-electron chi connectivity index (χ2n) is 6.35. The van der Waals surface area contributed by atoms with Crippen molar-refractivity contribution in [2.75, 3.05) is 23.3 Å². The van der Waals surface area contributed by atoms with Gasteiger partial charge in [0.2, 0.25) is 17.7 Å². The van der Waals surface area contributed by atoms with Gasteiger partial charge in [0.15, 0.2) is 0 Å². The molecule has 6 heteroatoms. The van der Waals surface area contributed by atoms with Crippen molar-refractivity contribution < 1.29 is 14.4 Å². The predicted molar refractivity (Wildman–Crippen MR) is 107 cm³/mol. The summed E-state index contributed by atoms with van der Waals surface area (Å²) >= 11 is 0. The van der Waals surface area contributed by atoms with Gasteiger partial charge in [-0.1, -0.05) is 24.3 Å². The number of rotatable bonds is 7. The molecule has 0 radical (unpaired) electrons. The van der Waals surface area contributed by atoms with E-state index in [4.69, 9.17) is 0 Å². The number of nitrogens with one attached hydrogen (secondary N) is 2. The molecule has 2 aromatic rings.